The van der Waals surface area contributed by atoms with Gasteiger partial charge in [-0.1, -0.05) is 29.3 Å². The second-order valence-electron chi connectivity index (χ2n) is 4.53. The van der Waals surface area contributed by atoms with E-state index < -0.39 is 0 Å². The molecule has 0 radical (unpaired) electrons. The second-order valence-corrected chi connectivity index (χ2v) is 6.34. The zero-order valence-electron chi connectivity index (χ0n) is 10.2. The van der Waals surface area contributed by atoms with Gasteiger partial charge in [-0.2, -0.15) is 0 Å². The standard InChI is InChI=1S/C14H13Cl2NS.ClH/c15-12-2-1-3-13(16)11(12)9-17-6-4-14-10(8-17)5-7-18-14;/h1-3,5,7H,4,6,8-9H2;1H. The van der Waals surface area contributed by atoms with Gasteiger partial charge in [0.25, 0.3) is 0 Å². The van der Waals surface area contributed by atoms with Gasteiger partial charge < -0.3 is 0 Å². The van der Waals surface area contributed by atoms with Gasteiger partial charge in [-0.05, 0) is 35.6 Å². The summed E-state index contributed by atoms with van der Waals surface area (Å²) < 4.78 is 0. The summed E-state index contributed by atoms with van der Waals surface area (Å²) in [6, 6.07) is 7.92. The fourth-order valence-electron chi connectivity index (χ4n) is 2.35. The van der Waals surface area contributed by atoms with E-state index in [4.69, 9.17) is 23.2 Å². The molecule has 2 heterocycles. The van der Waals surface area contributed by atoms with Gasteiger partial charge in [-0.3, -0.25) is 4.90 Å². The third-order valence-electron chi connectivity index (χ3n) is 3.33. The molecule has 0 fully saturated rings. The molecule has 0 saturated carbocycles. The van der Waals surface area contributed by atoms with Crippen LogP contribution in [-0.4, -0.2) is 11.4 Å². The lowest BCUT2D eigenvalue weighted by Gasteiger charge is -2.27. The largest absolute Gasteiger partial charge is 0.294 e. The summed E-state index contributed by atoms with van der Waals surface area (Å²) in [5, 5.41) is 3.70. The highest BCUT2D eigenvalue weighted by Crippen LogP contribution is 2.29. The molecule has 1 aliphatic rings. The molecule has 1 aromatic carbocycles. The highest BCUT2D eigenvalue weighted by molar-refractivity contribution is 7.10. The molecule has 0 aliphatic carbocycles. The van der Waals surface area contributed by atoms with Crippen LogP contribution in [0.25, 0.3) is 0 Å². The van der Waals surface area contributed by atoms with E-state index in [0.29, 0.717) is 0 Å². The van der Waals surface area contributed by atoms with Crippen LogP contribution in [-0.2, 0) is 19.5 Å². The summed E-state index contributed by atoms with van der Waals surface area (Å²) in [6.07, 6.45) is 1.13. The van der Waals surface area contributed by atoms with Crippen LogP contribution in [0.1, 0.15) is 16.0 Å². The molecule has 1 aromatic heterocycles. The summed E-state index contributed by atoms with van der Waals surface area (Å²) >= 11 is 14.3. The average Bonchev–Trinajstić information content (AvgIpc) is 2.81. The average molecular weight is 335 g/mol. The van der Waals surface area contributed by atoms with Crippen LogP contribution in [0.2, 0.25) is 10.0 Å². The fourth-order valence-corrected chi connectivity index (χ4v) is 3.76. The first kappa shape index (κ1) is 15.1. The Morgan fingerprint density at radius 3 is 2.63 bits per heavy atom. The first-order chi connectivity index (χ1) is 8.74. The van der Waals surface area contributed by atoms with Crippen molar-refractivity contribution in [1.29, 1.82) is 0 Å². The molecule has 2 aromatic rings. The quantitative estimate of drug-likeness (QED) is 0.744. The van der Waals surface area contributed by atoms with E-state index >= 15 is 0 Å². The molecular formula is C14H14Cl3NS. The van der Waals surface area contributed by atoms with Crippen molar-refractivity contribution in [1.82, 2.24) is 4.90 Å². The van der Waals surface area contributed by atoms with E-state index in [9.17, 15) is 0 Å². The molecule has 0 atom stereocenters. The maximum Gasteiger partial charge on any atom is 0.0465 e. The van der Waals surface area contributed by atoms with Gasteiger partial charge in [0.1, 0.15) is 0 Å². The Morgan fingerprint density at radius 1 is 1.16 bits per heavy atom. The molecule has 1 nitrogen and oxygen atoms in total. The van der Waals surface area contributed by atoms with Gasteiger partial charge in [-0.25, -0.2) is 0 Å². The van der Waals surface area contributed by atoms with E-state index in [1.807, 2.05) is 29.5 Å². The van der Waals surface area contributed by atoms with E-state index in [-0.39, 0.29) is 12.4 Å². The minimum absolute atomic E-state index is 0. The number of hydrogen-bond donors (Lipinski definition) is 0. The normalized spacial score (nSPS) is 14.8. The van der Waals surface area contributed by atoms with Crippen molar-refractivity contribution in [3.05, 3.63) is 55.7 Å². The Hall–Kier alpha value is -0.250. The summed E-state index contributed by atoms with van der Waals surface area (Å²) in [4.78, 5) is 3.93. The first-order valence-corrected chi connectivity index (χ1v) is 7.58. The predicted molar refractivity (Wildman–Crippen MR) is 85.8 cm³/mol. The van der Waals surface area contributed by atoms with Gasteiger partial charge in [-0.15, -0.1) is 23.7 Å². The van der Waals surface area contributed by atoms with Gasteiger partial charge >= 0.3 is 0 Å². The van der Waals surface area contributed by atoms with Crippen molar-refractivity contribution < 1.29 is 0 Å². The minimum atomic E-state index is 0. The van der Waals surface area contributed by atoms with Crippen molar-refractivity contribution in [2.45, 2.75) is 19.5 Å². The van der Waals surface area contributed by atoms with Crippen LogP contribution < -0.4 is 0 Å². The monoisotopic (exact) mass is 333 g/mol. The van der Waals surface area contributed by atoms with Crippen molar-refractivity contribution in [2.24, 2.45) is 0 Å². The lowest BCUT2D eigenvalue weighted by atomic mass is 10.1. The van der Waals surface area contributed by atoms with Crippen molar-refractivity contribution in [3.8, 4) is 0 Å². The lowest BCUT2D eigenvalue weighted by molar-refractivity contribution is 0.247. The minimum Gasteiger partial charge on any atom is -0.294 e. The van der Waals surface area contributed by atoms with E-state index in [1.54, 1.807) is 0 Å². The SMILES string of the molecule is Cl.Clc1cccc(Cl)c1CN1CCc2sccc2C1. The molecule has 3 rings (SSSR count). The van der Waals surface area contributed by atoms with Crippen molar-refractivity contribution in [3.63, 3.8) is 0 Å². The summed E-state index contributed by atoms with van der Waals surface area (Å²) in [5.74, 6) is 0. The zero-order valence-corrected chi connectivity index (χ0v) is 13.4. The molecule has 0 amide bonds. The summed E-state index contributed by atoms with van der Waals surface area (Å²) in [5.41, 5.74) is 2.49. The molecule has 0 saturated heterocycles. The maximum absolute atomic E-state index is 6.22. The molecule has 5 heteroatoms. The Kier molecular flexibility index (Phi) is 5.15. The number of rotatable bonds is 2. The third kappa shape index (κ3) is 3.26. The number of nitrogens with zero attached hydrogens (tertiary/aromatic N) is 1. The van der Waals surface area contributed by atoms with Gasteiger partial charge in [0, 0.05) is 40.1 Å². The molecule has 19 heavy (non-hydrogen) atoms. The number of benzene rings is 1. The van der Waals surface area contributed by atoms with Crippen LogP contribution >= 0.6 is 46.9 Å². The highest BCUT2D eigenvalue weighted by atomic mass is 35.5. The first-order valence-electron chi connectivity index (χ1n) is 5.94. The number of thiophene rings is 1. The molecule has 0 N–H and O–H groups in total. The van der Waals surface area contributed by atoms with Crippen molar-refractivity contribution >= 4 is 46.9 Å². The van der Waals surface area contributed by atoms with Crippen LogP contribution in [0, 0.1) is 0 Å². The van der Waals surface area contributed by atoms with Gasteiger partial charge in [0.15, 0.2) is 0 Å². The summed E-state index contributed by atoms with van der Waals surface area (Å²) in [6.45, 7) is 2.91. The molecule has 0 spiro atoms. The summed E-state index contributed by atoms with van der Waals surface area (Å²) in [7, 11) is 0. The lowest BCUT2D eigenvalue weighted by Crippen LogP contribution is -2.29. The molecule has 102 valence electrons. The number of hydrogen-bond acceptors (Lipinski definition) is 2. The second kappa shape index (κ2) is 6.47. The van der Waals surface area contributed by atoms with E-state index in [1.165, 1.54) is 10.4 Å². The number of halogens is 3. The van der Waals surface area contributed by atoms with Crippen LogP contribution in [0.5, 0.6) is 0 Å². The Bertz CT molecular complexity index is 547. The van der Waals surface area contributed by atoms with Crippen LogP contribution in [0.3, 0.4) is 0 Å². The molecule has 0 unspecified atom stereocenters. The number of fused-ring (bicyclic) bond motifs is 1. The van der Waals surface area contributed by atoms with Gasteiger partial charge in [0.05, 0.1) is 0 Å². The molecule has 0 bridgehead atoms. The zero-order chi connectivity index (χ0) is 12.5. The molecular weight excluding hydrogens is 321 g/mol. The Morgan fingerprint density at radius 2 is 1.89 bits per heavy atom. The third-order valence-corrected chi connectivity index (χ3v) is 5.06. The van der Waals surface area contributed by atoms with E-state index in [0.717, 1.165) is 41.7 Å². The van der Waals surface area contributed by atoms with Gasteiger partial charge in [0.2, 0.25) is 0 Å². The maximum atomic E-state index is 6.22. The van der Waals surface area contributed by atoms with Crippen LogP contribution in [0.4, 0.5) is 0 Å². The fraction of sp³-hybridized carbons (Fsp3) is 0.286. The molecule has 1 aliphatic heterocycles. The Labute approximate surface area is 133 Å². The highest BCUT2D eigenvalue weighted by Gasteiger charge is 2.18. The topological polar surface area (TPSA) is 3.24 Å². The van der Waals surface area contributed by atoms with Crippen LogP contribution in [0.15, 0.2) is 29.6 Å². The predicted octanol–water partition coefficient (Wildman–Crippen LogP) is 5.04. The smallest absolute Gasteiger partial charge is 0.0465 e. The van der Waals surface area contributed by atoms with Crippen molar-refractivity contribution in [2.75, 3.05) is 6.54 Å². The Balaban J connectivity index is 0.00000133. The van der Waals surface area contributed by atoms with E-state index in [2.05, 4.69) is 16.3 Å².